The van der Waals surface area contributed by atoms with Crippen LogP contribution in [0.2, 0.25) is 0 Å². The molecule has 2 nitrogen and oxygen atoms in total. The van der Waals surface area contributed by atoms with Gasteiger partial charge in [-0.05, 0) is 12.8 Å². The van der Waals surface area contributed by atoms with E-state index in [-0.39, 0.29) is 6.04 Å². The first-order valence-corrected chi connectivity index (χ1v) is 16.4. The fourth-order valence-electron chi connectivity index (χ4n) is 5.32. The van der Waals surface area contributed by atoms with Gasteiger partial charge in [0, 0.05) is 0 Å². The van der Waals surface area contributed by atoms with E-state index in [1.807, 2.05) is 6.08 Å². The number of hydrogen-bond acceptors (Lipinski definition) is 2. The van der Waals surface area contributed by atoms with Crippen LogP contribution in [0.3, 0.4) is 0 Å². The first-order chi connectivity index (χ1) is 17.3. The molecule has 0 radical (unpaired) electrons. The molecule has 2 heteroatoms. The van der Waals surface area contributed by atoms with Crippen molar-refractivity contribution in [2.75, 3.05) is 0 Å². The van der Waals surface area contributed by atoms with E-state index in [9.17, 15) is 4.79 Å². The lowest BCUT2D eigenvalue weighted by atomic mass is 10.00. The van der Waals surface area contributed by atoms with Crippen LogP contribution in [0, 0.1) is 0 Å². The quantitative estimate of drug-likeness (QED) is 0.0558. The summed E-state index contributed by atoms with van der Waals surface area (Å²) in [5, 5.41) is 0. The molecule has 0 spiro atoms. The van der Waals surface area contributed by atoms with Gasteiger partial charge in [0.2, 0.25) is 6.08 Å². The van der Waals surface area contributed by atoms with Crippen molar-refractivity contribution in [3.05, 3.63) is 0 Å². The fraction of sp³-hybridized carbons (Fsp3) is 0.970. The Labute approximate surface area is 221 Å². The van der Waals surface area contributed by atoms with Crippen LogP contribution in [0.25, 0.3) is 0 Å². The number of aliphatic imine (C=N–C) groups is 1. The van der Waals surface area contributed by atoms with Gasteiger partial charge >= 0.3 is 0 Å². The van der Waals surface area contributed by atoms with Gasteiger partial charge in [-0.15, -0.1) is 0 Å². The van der Waals surface area contributed by atoms with Gasteiger partial charge in [0.05, 0.1) is 6.04 Å². The highest BCUT2D eigenvalue weighted by atomic mass is 16.1. The average Bonchev–Trinajstić information content (AvgIpc) is 2.87. The molecule has 0 amide bonds. The molecule has 1 unspecified atom stereocenters. The Hall–Kier alpha value is -0.620. The molecule has 1 atom stereocenters. The summed E-state index contributed by atoms with van der Waals surface area (Å²) in [5.41, 5.74) is 0. The van der Waals surface area contributed by atoms with Crippen molar-refractivity contribution in [1.82, 2.24) is 0 Å². The zero-order valence-electron chi connectivity index (χ0n) is 24.4. The standard InChI is InChI=1S/C33H65NO/c1-3-5-7-9-11-13-15-17-19-21-23-25-27-29-31-33(34-32-35)30-28-26-24-22-20-18-16-14-12-10-8-6-4-2/h33H,3-31H2,1-2H3. The summed E-state index contributed by atoms with van der Waals surface area (Å²) >= 11 is 0. The van der Waals surface area contributed by atoms with Crippen LogP contribution in [0.5, 0.6) is 0 Å². The third-order valence-corrected chi connectivity index (χ3v) is 7.77. The first kappa shape index (κ1) is 34.4. The van der Waals surface area contributed by atoms with Crippen molar-refractivity contribution in [1.29, 1.82) is 0 Å². The van der Waals surface area contributed by atoms with Gasteiger partial charge in [-0.2, -0.15) is 0 Å². The van der Waals surface area contributed by atoms with Gasteiger partial charge < -0.3 is 0 Å². The van der Waals surface area contributed by atoms with E-state index in [0.717, 1.165) is 12.8 Å². The van der Waals surface area contributed by atoms with Gasteiger partial charge in [0.15, 0.2) is 0 Å². The summed E-state index contributed by atoms with van der Waals surface area (Å²) in [6, 6.07) is 0.234. The highest BCUT2D eigenvalue weighted by molar-refractivity contribution is 5.33. The Kier molecular flexibility index (Phi) is 30.9. The second-order valence-electron chi connectivity index (χ2n) is 11.3. The smallest absolute Gasteiger partial charge is 0.211 e. The van der Waals surface area contributed by atoms with Gasteiger partial charge in [-0.1, -0.05) is 187 Å². The Morgan fingerprint density at radius 1 is 0.400 bits per heavy atom. The van der Waals surface area contributed by atoms with Crippen molar-refractivity contribution in [2.24, 2.45) is 4.99 Å². The lowest BCUT2D eigenvalue weighted by Gasteiger charge is -2.10. The molecule has 0 aromatic heterocycles. The molecule has 0 saturated carbocycles. The van der Waals surface area contributed by atoms with E-state index < -0.39 is 0 Å². The summed E-state index contributed by atoms with van der Waals surface area (Å²) < 4.78 is 0. The van der Waals surface area contributed by atoms with Gasteiger partial charge in [0.1, 0.15) is 0 Å². The molecule has 0 aliphatic carbocycles. The molecular formula is C33H65NO. The van der Waals surface area contributed by atoms with Crippen LogP contribution in [-0.4, -0.2) is 12.1 Å². The summed E-state index contributed by atoms with van der Waals surface area (Å²) in [4.78, 5) is 14.9. The molecule has 0 saturated heterocycles. The first-order valence-electron chi connectivity index (χ1n) is 16.4. The summed E-state index contributed by atoms with van der Waals surface area (Å²) in [7, 11) is 0. The highest BCUT2D eigenvalue weighted by Crippen LogP contribution is 2.18. The molecular weight excluding hydrogens is 426 g/mol. The Balaban J connectivity index is 3.40. The minimum atomic E-state index is 0.234. The van der Waals surface area contributed by atoms with Crippen LogP contribution >= 0.6 is 0 Å². The van der Waals surface area contributed by atoms with Crippen LogP contribution in [0.4, 0.5) is 0 Å². The molecule has 0 aromatic rings. The Bertz CT molecular complexity index is 429. The van der Waals surface area contributed by atoms with Crippen molar-refractivity contribution >= 4 is 6.08 Å². The number of isocyanates is 1. The molecule has 0 aliphatic rings. The topological polar surface area (TPSA) is 29.4 Å². The largest absolute Gasteiger partial charge is 0.235 e. The molecule has 0 aliphatic heterocycles. The van der Waals surface area contributed by atoms with E-state index >= 15 is 0 Å². The predicted molar refractivity (Wildman–Crippen MR) is 157 cm³/mol. The molecule has 0 N–H and O–H groups in total. The van der Waals surface area contributed by atoms with Gasteiger partial charge in [0.25, 0.3) is 0 Å². The predicted octanol–water partition coefficient (Wildman–Crippen LogP) is 12.0. The van der Waals surface area contributed by atoms with Gasteiger partial charge in [-0.25, -0.2) is 9.79 Å². The number of rotatable bonds is 30. The maximum atomic E-state index is 10.8. The molecule has 208 valence electrons. The molecule has 35 heavy (non-hydrogen) atoms. The second-order valence-corrected chi connectivity index (χ2v) is 11.3. The van der Waals surface area contributed by atoms with E-state index in [1.54, 1.807) is 0 Å². The normalized spacial score (nSPS) is 12.1. The van der Waals surface area contributed by atoms with Crippen LogP contribution in [0.1, 0.15) is 200 Å². The summed E-state index contributed by atoms with van der Waals surface area (Å²) in [6.45, 7) is 4.58. The molecule has 0 bridgehead atoms. The number of hydrogen-bond donors (Lipinski definition) is 0. The summed E-state index contributed by atoms with van der Waals surface area (Å²) in [5.74, 6) is 0. The second kappa shape index (κ2) is 31.4. The zero-order valence-corrected chi connectivity index (χ0v) is 24.4. The summed E-state index contributed by atoms with van der Waals surface area (Å²) in [6.07, 6.45) is 41.6. The van der Waals surface area contributed by atoms with Crippen LogP contribution < -0.4 is 0 Å². The Morgan fingerprint density at radius 2 is 0.629 bits per heavy atom. The zero-order chi connectivity index (χ0) is 25.5. The number of carbonyl (C=O) groups excluding carboxylic acids is 1. The van der Waals surface area contributed by atoms with Crippen LogP contribution in [0.15, 0.2) is 4.99 Å². The van der Waals surface area contributed by atoms with Crippen molar-refractivity contribution < 1.29 is 4.79 Å². The van der Waals surface area contributed by atoms with Crippen molar-refractivity contribution in [3.8, 4) is 0 Å². The lowest BCUT2D eigenvalue weighted by molar-refractivity contribution is 0.474. The molecule has 0 aromatic carbocycles. The number of unbranched alkanes of at least 4 members (excludes halogenated alkanes) is 25. The van der Waals surface area contributed by atoms with E-state index in [2.05, 4.69) is 18.8 Å². The minimum Gasteiger partial charge on any atom is -0.211 e. The van der Waals surface area contributed by atoms with Crippen LogP contribution in [-0.2, 0) is 4.79 Å². The third-order valence-electron chi connectivity index (χ3n) is 7.77. The van der Waals surface area contributed by atoms with E-state index in [4.69, 9.17) is 0 Å². The third kappa shape index (κ3) is 29.5. The average molecular weight is 492 g/mol. The monoisotopic (exact) mass is 492 g/mol. The maximum Gasteiger partial charge on any atom is 0.235 e. The fourth-order valence-corrected chi connectivity index (χ4v) is 5.32. The highest BCUT2D eigenvalue weighted by Gasteiger charge is 2.06. The molecule has 0 fully saturated rings. The van der Waals surface area contributed by atoms with Crippen molar-refractivity contribution in [2.45, 2.75) is 206 Å². The molecule has 0 heterocycles. The van der Waals surface area contributed by atoms with Crippen molar-refractivity contribution in [3.63, 3.8) is 0 Å². The van der Waals surface area contributed by atoms with E-state index in [0.29, 0.717) is 0 Å². The number of nitrogens with zero attached hydrogens (tertiary/aromatic N) is 1. The van der Waals surface area contributed by atoms with E-state index in [1.165, 1.54) is 173 Å². The van der Waals surface area contributed by atoms with Gasteiger partial charge in [-0.3, -0.25) is 0 Å². The maximum absolute atomic E-state index is 10.8. The molecule has 0 rings (SSSR count). The lowest BCUT2D eigenvalue weighted by Crippen LogP contribution is -2.04. The SMILES string of the molecule is CCCCCCCCCCCCCCCCC(CCCCCCCCCCCCCCC)N=C=O. The Morgan fingerprint density at radius 3 is 0.857 bits per heavy atom. The minimum absolute atomic E-state index is 0.234.